The highest BCUT2D eigenvalue weighted by Gasteiger charge is 2.52. The number of aliphatic carboxylic acids is 1. The number of primary amides is 1. The van der Waals surface area contributed by atoms with Crippen LogP contribution in [0.2, 0.25) is 10.0 Å². The van der Waals surface area contributed by atoms with Crippen LogP contribution in [-0.4, -0.2) is 179 Å². The summed E-state index contributed by atoms with van der Waals surface area (Å²) in [7, 11) is 0. The maximum absolute atomic E-state index is 15.9. The average Bonchev–Trinajstić information content (AvgIpc) is 0.772. The first-order chi connectivity index (χ1) is 49.4. The molecule has 2 fully saturated rings. The van der Waals surface area contributed by atoms with Crippen molar-refractivity contribution in [3.63, 3.8) is 0 Å². The predicted molar refractivity (Wildman–Crippen MR) is 362 cm³/mol. The van der Waals surface area contributed by atoms with Crippen LogP contribution < -0.4 is 62.3 Å². The van der Waals surface area contributed by atoms with Gasteiger partial charge in [0.15, 0.2) is 29.9 Å². The van der Waals surface area contributed by atoms with E-state index in [0.717, 1.165) is 72.3 Å². The molecule has 7 aliphatic rings. The Balaban J connectivity index is 1.10. The fourth-order valence-electron chi connectivity index (χ4n) is 12.7. The molecular formula is C70H74Cl2N8O24. The minimum atomic E-state index is -2.30. The molecule has 7 aliphatic heterocycles. The van der Waals surface area contributed by atoms with Crippen molar-refractivity contribution in [2.24, 2.45) is 11.5 Å². The van der Waals surface area contributed by atoms with Gasteiger partial charge in [-0.3, -0.25) is 28.8 Å². The number of fused-ring (bicyclic) bond motifs is 15. The van der Waals surface area contributed by atoms with Gasteiger partial charge in [-0.25, -0.2) is 4.79 Å². The van der Waals surface area contributed by atoms with Crippen LogP contribution in [0.5, 0.6) is 51.7 Å². The molecule has 0 aliphatic carbocycles. The number of hydrogen-bond acceptors (Lipinski definition) is 25. The van der Waals surface area contributed by atoms with Crippen molar-refractivity contribution in [1.82, 2.24) is 31.9 Å². The number of aromatic hydroxyl groups is 3. The maximum atomic E-state index is 15.9. The molecular weight excluding hydrogens is 1410 g/mol. The van der Waals surface area contributed by atoms with Gasteiger partial charge < -0.3 is 128 Å². The van der Waals surface area contributed by atoms with Crippen molar-refractivity contribution in [1.29, 1.82) is 0 Å². The Bertz CT molecular complexity index is 4340. The van der Waals surface area contributed by atoms with Crippen LogP contribution in [0.3, 0.4) is 0 Å². The Kier molecular flexibility index (Phi) is 22.6. The number of carbonyl (C=O) groups excluding carboxylic acids is 6. The van der Waals surface area contributed by atoms with Crippen LogP contribution in [0.15, 0.2) is 116 Å². The van der Waals surface area contributed by atoms with E-state index in [9.17, 15) is 70.2 Å². The number of rotatable bonds is 15. The molecule has 552 valence electrons. The largest absolute Gasteiger partial charge is 0.508 e. The van der Waals surface area contributed by atoms with Crippen LogP contribution in [0, 0.1) is 0 Å². The molecule has 6 amide bonds. The van der Waals surface area contributed by atoms with Gasteiger partial charge >= 0.3 is 5.97 Å². The zero-order chi connectivity index (χ0) is 74.9. The van der Waals surface area contributed by atoms with Gasteiger partial charge in [0, 0.05) is 41.3 Å². The van der Waals surface area contributed by atoms with Crippen molar-refractivity contribution in [2.75, 3.05) is 13.2 Å². The number of aliphatic hydroxyl groups excluding tert-OH is 6. The summed E-state index contributed by atoms with van der Waals surface area (Å²) in [6.07, 6.45) is -16.1. The minimum Gasteiger partial charge on any atom is -0.508 e. The number of carboxylic acid groups (broad SMARTS) is 1. The monoisotopic (exact) mass is 1480 g/mol. The first-order valence-electron chi connectivity index (χ1n) is 32.5. The number of nitrogens with two attached hydrogens (primary N) is 2. The Labute approximate surface area is 601 Å². The van der Waals surface area contributed by atoms with Gasteiger partial charge in [0.2, 0.25) is 47.5 Å². The van der Waals surface area contributed by atoms with Crippen LogP contribution in [0.4, 0.5) is 0 Å². The highest BCUT2D eigenvalue weighted by atomic mass is 35.5. The highest BCUT2D eigenvalue weighted by Crippen LogP contribution is 2.50. The number of aliphatic hydroxyl groups is 6. The number of phenolic OH excluding ortho intramolecular Hbond substituents is 3. The summed E-state index contributed by atoms with van der Waals surface area (Å²) in [6, 6.07) is 8.03. The molecule has 32 nitrogen and oxygen atoms in total. The molecule has 6 aromatic rings. The molecule has 17 atom stereocenters. The van der Waals surface area contributed by atoms with E-state index in [4.69, 9.17) is 67.8 Å². The maximum Gasteiger partial charge on any atom is 0.330 e. The van der Waals surface area contributed by atoms with E-state index in [1.165, 1.54) is 12.1 Å². The molecule has 0 aromatic heterocycles. The van der Waals surface area contributed by atoms with Gasteiger partial charge in [0.1, 0.15) is 95.2 Å². The van der Waals surface area contributed by atoms with Gasteiger partial charge in [-0.15, -0.1) is 6.58 Å². The summed E-state index contributed by atoms with van der Waals surface area (Å²) in [5.41, 5.74) is 8.79. The zero-order valence-corrected chi connectivity index (χ0v) is 56.7. The van der Waals surface area contributed by atoms with E-state index < -0.39 is 219 Å². The first kappa shape index (κ1) is 75.3. The number of benzene rings is 6. The van der Waals surface area contributed by atoms with Crippen molar-refractivity contribution in [3.8, 4) is 62.9 Å². The number of carbonyl (C=O) groups is 7. The Morgan fingerprint density at radius 3 is 2.01 bits per heavy atom. The topological polar surface area (TPSA) is 511 Å². The molecule has 2 saturated heterocycles. The third kappa shape index (κ3) is 15.9. The van der Waals surface area contributed by atoms with Crippen molar-refractivity contribution in [2.45, 2.75) is 143 Å². The fraction of sp³-hybridized carbons (Fsp3) is 0.357. The molecule has 0 saturated carbocycles. The molecule has 0 radical (unpaired) electrons. The summed E-state index contributed by atoms with van der Waals surface area (Å²) in [5, 5.41) is 129. The molecule has 13 rings (SSSR count). The van der Waals surface area contributed by atoms with Crippen LogP contribution >= 0.6 is 23.2 Å². The average molecular weight is 1480 g/mol. The number of ether oxygens (including phenoxy) is 7. The number of halogens is 2. The van der Waals surface area contributed by atoms with E-state index in [1.807, 2.05) is 12.1 Å². The van der Waals surface area contributed by atoms with E-state index >= 15 is 14.4 Å². The molecule has 6 aromatic carbocycles. The standard InChI is InChI=1S/C70H74Cl2N8O24/c1-4-5-15-98-35-8-6-7-29(16-35)26-75-70(3)25-49(99-28(2)62(70)90)103-61-59(89)58(88)47(27-81)102-69(61)104-60-45-20-33-21-46(60)101-44-14-11-32(19-39(44)72)57(87)55-67(95)79-54(68(96)97)37-22-34(82)23-42(84)50(37)36-17-30(9-12-41(36)83)52(65(93)80-55)78-66(94)53(33)77-63(91)40(24-48(73)85)76-64(92)51(74)56(86)31-10-13-43(100-45)38(71)18-31/h4,6-14,16-23,28,40,47,49,51-59,61-62,69,75,81-84,86-90H,1,5,15,24-27,74H2,2-3H3,(H2,73,85)(H,76,92)(H,77,91)(H,78,94)(H,79,95)(H,80,93)(H,96,97)/t28-,40-,47+,49-,51+,52+,53+,54-,55-,56+,57+,58+,59-,61+,62+,69-,70-/m0/s1. The van der Waals surface area contributed by atoms with Gasteiger partial charge in [-0.05, 0) is 115 Å². The lowest BCUT2D eigenvalue weighted by Crippen LogP contribution is -2.65. The zero-order valence-electron chi connectivity index (χ0n) is 55.2. The van der Waals surface area contributed by atoms with Gasteiger partial charge in [0.05, 0.1) is 41.9 Å². The minimum absolute atomic E-state index is 0.0986. The van der Waals surface area contributed by atoms with Crippen molar-refractivity contribution >= 4 is 64.6 Å². The number of carboxylic acids is 1. The molecule has 7 heterocycles. The Morgan fingerprint density at radius 2 is 1.37 bits per heavy atom. The lowest BCUT2D eigenvalue weighted by atomic mass is 9.84. The second kappa shape index (κ2) is 31.2. The normalized spacial score (nSPS) is 28.5. The predicted octanol–water partition coefficient (Wildman–Crippen LogP) is 2.10. The molecule has 0 spiro atoms. The van der Waals surface area contributed by atoms with Gasteiger partial charge in [-0.1, -0.05) is 59.6 Å². The van der Waals surface area contributed by atoms with E-state index in [-0.39, 0.29) is 46.2 Å². The Hall–Kier alpha value is -9.91. The molecule has 20 N–H and O–H groups in total. The van der Waals surface area contributed by atoms with Crippen molar-refractivity contribution in [3.05, 3.63) is 159 Å². The van der Waals surface area contributed by atoms with E-state index in [1.54, 1.807) is 32.1 Å². The third-order valence-electron chi connectivity index (χ3n) is 18.3. The smallest absolute Gasteiger partial charge is 0.330 e. The van der Waals surface area contributed by atoms with E-state index in [2.05, 4.69) is 38.5 Å². The van der Waals surface area contributed by atoms with Gasteiger partial charge in [-0.2, -0.15) is 0 Å². The second-order valence-electron chi connectivity index (χ2n) is 25.6. The number of amides is 6. The number of hydrogen-bond donors (Lipinski definition) is 18. The lowest BCUT2D eigenvalue weighted by molar-refractivity contribution is -0.334. The highest BCUT2D eigenvalue weighted by molar-refractivity contribution is 6.32. The van der Waals surface area contributed by atoms with E-state index in [0.29, 0.717) is 18.8 Å². The van der Waals surface area contributed by atoms with Crippen LogP contribution in [-0.2, 0) is 54.3 Å². The van der Waals surface area contributed by atoms with Gasteiger partial charge in [0.25, 0.3) is 0 Å². The number of nitrogens with one attached hydrogen (secondary N) is 6. The fourth-order valence-corrected chi connectivity index (χ4v) is 13.2. The third-order valence-corrected chi connectivity index (χ3v) is 18.9. The quantitative estimate of drug-likeness (QED) is 0.0517. The SMILES string of the molecule is C=CCCOc1cccc(CN[C@@]2(C)C[C@H](O[C@H]3[C@H](Oc4c5cc6cc4Oc4ccc(cc4Cl)[C@@H](O)[C@@H](N)C(=O)N[C@@H](CC(N)=O)C(=O)N[C@H]6C(=O)N[C@H]4C(=O)N[C@H](C(=O)N[C@H](C(=O)O)c6cc(O)cc(O)c6-c6cc4ccc6O)[C@H](O)c4ccc(c(Cl)c4)O5)O[C@H](CO)[C@@H](O)[C@@H]3O)O[C@@H](C)[C@H]2O)c1. The summed E-state index contributed by atoms with van der Waals surface area (Å²) in [4.78, 5) is 101. The Morgan fingerprint density at radius 1 is 0.721 bits per heavy atom. The second-order valence-corrected chi connectivity index (χ2v) is 26.4. The van der Waals surface area contributed by atoms with Crippen LogP contribution in [0.1, 0.15) is 96.8 Å². The summed E-state index contributed by atoms with van der Waals surface area (Å²) >= 11 is 14.0. The molecule has 11 bridgehead atoms. The molecule has 34 heteroatoms. The lowest BCUT2D eigenvalue weighted by Gasteiger charge is -2.48. The van der Waals surface area contributed by atoms with Crippen LogP contribution in [0.25, 0.3) is 11.1 Å². The summed E-state index contributed by atoms with van der Waals surface area (Å²) in [5.74, 6) is -14.1. The molecule has 0 unspecified atom stereocenters. The summed E-state index contributed by atoms with van der Waals surface area (Å²) in [6.45, 7) is 6.61. The summed E-state index contributed by atoms with van der Waals surface area (Å²) < 4.78 is 44.9. The first-order valence-corrected chi connectivity index (χ1v) is 33.2. The molecule has 104 heavy (non-hydrogen) atoms. The van der Waals surface area contributed by atoms with Crippen molar-refractivity contribution < 1.29 is 118 Å². The number of phenols is 3.